The van der Waals surface area contributed by atoms with Gasteiger partial charge in [-0.25, -0.2) is 4.79 Å². The highest BCUT2D eigenvalue weighted by molar-refractivity contribution is 6.16. The lowest BCUT2D eigenvalue weighted by molar-refractivity contribution is -0.137. The lowest BCUT2D eigenvalue weighted by atomic mass is 9.81. The molecule has 0 spiro atoms. The first-order valence-corrected chi connectivity index (χ1v) is 6.19. The summed E-state index contributed by atoms with van der Waals surface area (Å²) in [7, 11) is 0. The SMILES string of the molecule is CC(=O)CC(c1ccccc1)C1C(=O)NC(=O)NC1=O. The maximum Gasteiger partial charge on any atom is 0.328 e. The molecule has 6 heteroatoms. The summed E-state index contributed by atoms with van der Waals surface area (Å²) in [5.74, 6) is -3.14. The van der Waals surface area contributed by atoms with Crippen LogP contribution < -0.4 is 10.6 Å². The molecule has 0 saturated carbocycles. The fourth-order valence-corrected chi connectivity index (χ4v) is 2.33. The molecule has 1 fully saturated rings. The molecule has 1 aliphatic rings. The van der Waals surface area contributed by atoms with E-state index in [1.807, 2.05) is 0 Å². The molecule has 0 radical (unpaired) electrons. The fraction of sp³-hybridized carbons (Fsp3) is 0.286. The summed E-state index contributed by atoms with van der Waals surface area (Å²) in [6.45, 7) is 1.40. The van der Waals surface area contributed by atoms with Crippen molar-refractivity contribution >= 4 is 23.6 Å². The Hall–Kier alpha value is -2.50. The number of imide groups is 2. The smallest absolute Gasteiger partial charge is 0.300 e. The van der Waals surface area contributed by atoms with E-state index in [1.165, 1.54) is 6.92 Å². The molecular weight excluding hydrogens is 260 g/mol. The predicted molar refractivity (Wildman–Crippen MR) is 69.7 cm³/mol. The van der Waals surface area contributed by atoms with Gasteiger partial charge < -0.3 is 4.79 Å². The van der Waals surface area contributed by atoms with Gasteiger partial charge in [-0.05, 0) is 12.5 Å². The number of carbonyl (C=O) groups is 4. The molecule has 1 aromatic carbocycles. The van der Waals surface area contributed by atoms with Gasteiger partial charge in [-0.3, -0.25) is 20.2 Å². The van der Waals surface area contributed by atoms with Gasteiger partial charge in [-0.15, -0.1) is 0 Å². The second-order valence-electron chi connectivity index (χ2n) is 4.71. The Kier molecular flexibility index (Phi) is 3.93. The van der Waals surface area contributed by atoms with Crippen molar-refractivity contribution in [1.82, 2.24) is 10.6 Å². The molecule has 0 bridgehead atoms. The summed E-state index contributed by atoms with van der Waals surface area (Å²) in [5, 5.41) is 4.12. The van der Waals surface area contributed by atoms with Crippen molar-refractivity contribution in [3.05, 3.63) is 35.9 Å². The topological polar surface area (TPSA) is 92.3 Å². The summed E-state index contributed by atoms with van der Waals surface area (Å²) < 4.78 is 0. The second kappa shape index (κ2) is 5.64. The van der Waals surface area contributed by atoms with Crippen LogP contribution in [0.3, 0.4) is 0 Å². The number of hydrogen-bond acceptors (Lipinski definition) is 4. The van der Waals surface area contributed by atoms with E-state index in [9.17, 15) is 19.2 Å². The van der Waals surface area contributed by atoms with E-state index in [0.29, 0.717) is 5.56 Å². The zero-order valence-corrected chi connectivity index (χ0v) is 10.9. The first kappa shape index (κ1) is 13.9. The van der Waals surface area contributed by atoms with Crippen LogP contribution in [-0.4, -0.2) is 23.6 Å². The van der Waals surface area contributed by atoms with Crippen LogP contribution in [0.15, 0.2) is 30.3 Å². The van der Waals surface area contributed by atoms with Gasteiger partial charge in [0.1, 0.15) is 11.7 Å². The van der Waals surface area contributed by atoms with Gasteiger partial charge in [0, 0.05) is 12.3 Å². The number of Topliss-reactive ketones (excluding diaryl/α,β-unsaturated/α-hetero) is 1. The Balaban J connectivity index is 2.36. The van der Waals surface area contributed by atoms with Crippen molar-refractivity contribution in [2.24, 2.45) is 5.92 Å². The van der Waals surface area contributed by atoms with E-state index in [4.69, 9.17) is 0 Å². The normalized spacial score (nSPS) is 17.4. The quantitative estimate of drug-likeness (QED) is 0.792. The second-order valence-corrected chi connectivity index (χ2v) is 4.71. The van der Waals surface area contributed by atoms with E-state index in [2.05, 4.69) is 10.6 Å². The van der Waals surface area contributed by atoms with Crippen molar-refractivity contribution in [3.8, 4) is 0 Å². The van der Waals surface area contributed by atoms with Crippen LogP contribution in [-0.2, 0) is 14.4 Å². The Morgan fingerprint density at radius 3 is 2.15 bits per heavy atom. The van der Waals surface area contributed by atoms with E-state index < -0.39 is 29.7 Å². The van der Waals surface area contributed by atoms with E-state index >= 15 is 0 Å². The standard InChI is InChI=1S/C14H14N2O4/c1-8(17)7-10(9-5-3-2-4-6-9)11-12(18)15-14(20)16-13(11)19/h2-6,10-11H,7H2,1H3,(H2,15,16,18,19,20). The largest absolute Gasteiger partial charge is 0.328 e. The molecule has 1 atom stereocenters. The molecule has 1 aromatic rings. The number of rotatable bonds is 4. The van der Waals surface area contributed by atoms with Gasteiger partial charge >= 0.3 is 6.03 Å². The van der Waals surface area contributed by atoms with Crippen molar-refractivity contribution in [2.45, 2.75) is 19.3 Å². The number of ketones is 1. The Labute approximate surface area is 115 Å². The first-order chi connectivity index (χ1) is 9.49. The summed E-state index contributed by atoms with van der Waals surface area (Å²) in [6, 6.07) is 8.03. The molecule has 1 unspecified atom stereocenters. The third kappa shape index (κ3) is 2.90. The summed E-state index contributed by atoms with van der Waals surface area (Å²) in [5.41, 5.74) is 0.715. The van der Waals surface area contributed by atoms with Gasteiger partial charge in [0.15, 0.2) is 0 Å². The average Bonchev–Trinajstić information content (AvgIpc) is 2.37. The van der Waals surface area contributed by atoms with Crippen molar-refractivity contribution in [1.29, 1.82) is 0 Å². The van der Waals surface area contributed by atoms with Gasteiger partial charge in [-0.1, -0.05) is 30.3 Å². The molecule has 6 nitrogen and oxygen atoms in total. The molecule has 1 saturated heterocycles. The zero-order valence-electron chi connectivity index (χ0n) is 10.9. The first-order valence-electron chi connectivity index (χ1n) is 6.19. The molecule has 0 aliphatic carbocycles. The Morgan fingerprint density at radius 2 is 1.65 bits per heavy atom. The lowest BCUT2D eigenvalue weighted by Gasteiger charge is -2.27. The maximum atomic E-state index is 11.9. The summed E-state index contributed by atoms with van der Waals surface area (Å²) in [4.78, 5) is 46.3. The van der Waals surface area contributed by atoms with Crippen molar-refractivity contribution < 1.29 is 19.2 Å². The fourth-order valence-electron chi connectivity index (χ4n) is 2.33. The molecule has 104 valence electrons. The number of barbiturate groups is 1. The van der Waals surface area contributed by atoms with Crippen molar-refractivity contribution in [3.63, 3.8) is 0 Å². The van der Waals surface area contributed by atoms with E-state index in [-0.39, 0.29) is 12.2 Å². The lowest BCUT2D eigenvalue weighted by Crippen LogP contribution is -2.57. The number of amides is 4. The third-order valence-corrected chi connectivity index (χ3v) is 3.18. The third-order valence-electron chi connectivity index (χ3n) is 3.18. The van der Waals surface area contributed by atoms with Crippen LogP contribution in [0.4, 0.5) is 4.79 Å². The van der Waals surface area contributed by atoms with Crippen molar-refractivity contribution in [2.75, 3.05) is 0 Å². The van der Waals surface area contributed by atoms with Gasteiger partial charge in [-0.2, -0.15) is 0 Å². The maximum absolute atomic E-state index is 11.9. The van der Waals surface area contributed by atoms with Crippen LogP contribution in [0, 0.1) is 5.92 Å². The summed E-state index contributed by atoms with van der Waals surface area (Å²) >= 11 is 0. The highest BCUT2D eigenvalue weighted by Gasteiger charge is 2.41. The number of urea groups is 1. The zero-order chi connectivity index (χ0) is 14.7. The predicted octanol–water partition coefficient (Wildman–Crippen LogP) is 0.731. The minimum atomic E-state index is -1.08. The molecular formula is C14H14N2O4. The van der Waals surface area contributed by atoms with Gasteiger partial charge in [0.25, 0.3) is 0 Å². The number of benzene rings is 1. The molecule has 0 aromatic heterocycles. The molecule has 2 rings (SSSR count). The van der Waals surface area contributed by atoms with E-state index in [1.54, 1.807) is 30.3 Å². The minimum Gasteiger partial charge on any atom is -0.300 e. The number of hydrogen-bond donors (Lipinski definition) is 2. The highest BCUT2D eigenvalue weighted by Crippen LogP contribution is 2.30. The Bertz CT molecular complexity index is 548. The summed E-state index contributed by atoms with van der Waals surface area (Å²) in [6.07, 6.45) is 0.0592. The molecule has 2 N–H and O–H groups in total. The number of carbonyl (C=O) groups excluding carboxylic acids is 4. The van der Waals surface area contributed by atoms with Crippen LogP contribution >= 0.6 is 0 Å². The average molecular weight is 274 g/mol. The monoisotopic (exact) mass is 274 g/mol. The molecule has 1 heterocycles. The van der Waals surface area contributed by atoms with E-state index in [0.717, 1.165) is 0 Å². The minimum absolute atomic E-state index is 0.0592. The van der Waals surface area contributed by atoms with Crippen LogP contribution in [0.25, 0.3) is 0 Å². The highest BCUT2D eigenvalue weighted by atomic mass is 16.2. The van der Waals surface area contributed by atoms with Crippen LogP contribution in [0.5, 0.6) is 0 Å². The van der Waals surface area contributed by atoms with Crippen LogP contribution in [0.1, 0.15) is 24.8 Å². The molecule has 1 aliphatic heterocycles. The molecule has 4 amide bonds. The van der Waals surface area contributed by atoms with Gasteiger partial charge in [0.2, 0.25) is 11.8 Å². The van der Waals surface area contributed by atoms with Gasteiger partial charge in [0.05, 0.1) is 0 Å². The Morgan fingerprint density at radius 1 is 1.10 bits per heavy atom. The van der Waals surface area contributed by atoms with Crippen LogP contribution in [0.2, 0.25) is 0 Å². The molecule has 20 heavy (non-hydrogen) atoms. The number of nitrogens with one attached hydrogen (secondary N) is 2.